The monoisotopic (exact) mass is 272 g/mol. The van der Waals surface area contributed by atoms with Crippen LogP contribution < -0.4 is 0 Å². The maximum absolute atomic E-state index is 5.66. The summed E-state index contributed by atoms with van der Waals surface area (Å²) >= 11 is 0. The third-order valence-corrected chi connectivity index (χ3v) is 3.52. The van der Waals surface area contributed by atoms with Crippen LogP contribution in [-0.4, -0.2) is 19.4 Å². The fourth-order valence-corrected chi connectivity index (χ4v) is 2.19. The van der Waals surface area contributed by atoms with Crippen molar-refractivity contribution in [1.82, 2.24) is 0 Å². The molecule has 1 nitrogen and oxygen atoms in total. The van der Waals surface area contributed by atoms with Crippen LogP contribution in [0.5, 0.6) is 0 Å². The van der Waals surface area contributed by atoms with E-state index in [1.165, 1.54) is 57.5 Å². The molecule has 0 aliphatic rings. The summed E-state index contributed by atoms with van der Waals surface area (Å²) in [4.78, 5) is 0. The van der Waals surface area contributed by atoms with Crippen molar-refractivity contribution in [2.45, 2.75) is 65.2 Å². The van der Waals surface area contributed by atoms with Gasteiger partial charge in [-0.1, -0.05) is 45.3 Å². The van der Waals surface area contributed by atoms with E-state index in [4.69, 9.17) is 4.74 Å². The predicted molar refractivity (Wildman–Crippen MR) is 86.3 cm³/mol. The zero-order valence-electron chi connectivity index (χ0n) is 12.5. The summed E-state index contributed by atoms with van der Waals surface area (Å²) in [6, 6.07) is 0. The van der Waals surface area contributed by atoms with E-state index in [0.29, 0.717) is 5.92 Å². The van der Waals surface area contributed by atoms with Crippen LogP contribution in [0.2, 0.25) is 0 Å². The number of hydrogen-bond acceptors (Lipinski definition) is 1. The summed E-state index contributed by atoms with van der Waals surface area (Å²) in [5.74, 6) is 0.710. The molecular weight excluding hydrogens is 239 g/mol. The van der Waals surface area contributed by atoms with Gasteiger partial charge in [-0.15, -0.1) is 9.24 Å². The summed E-state index contributed by atoms with van der Waals surface area (Å²) in [7, 11) is 2.79. The van der Waals surface area contributed by atoms with Crippen molar-refractivity contribution in [3.8, 4) is 0 Å². The van der Waals surface area contributed by atoms with E-state index >= 15 is 0 Å². The SMILES string of the molecule is CCCC=CC(C)CCCOCCCCCCP. The van der Waals surface area contributed by atoms with Gasteiger partial charge in [0, 0.05) is 13.2 Å². The van der Waals surface area contributed by atoms with E-state index < -0.39 is 0 Å². The van der Waals surface area contributed by atoms with Gasteiger partial charge >= 0.3 is 0 Å². The van der Waals surface area contributed by atoms with Gasteiger partial charge in [0.25, 0.3) is 0 Å². The second kappa shape index (κ2) is 15.2. The van der Waals surface area contributed by atoms with Gasteiger partial charge in [0.05, 0.1) is 0 Å². The van der Waals surface area contributed by atoms with Crippen LogP contribution in [-0.2, 0) is 4.74 Å². The number of unbranched alkanes of at least 4 members (excludes halogenated alkanes) is 4. The highest BCUT2D eigenvalue weighted by atomic mass is 31.0. The number of ether oxygens (including phenoxy) is 1. The van der Waals surface area contributed by atoms with E-state index in [2.05, 4.69) is 35.2 Å². The fraction of sp³-hybridized carbons (Fsp3) is 0.875. The molecule has 0 spiro atoms. The minimum atomic E-state index is 0.710. The van der Waals surface area contributed by atoms with Gasteiger partial charge in [0.2, 0.25) is 0 Å². The highest BCUT2D eigenvalue weighted by Crippen LogP contribution is 2.08. The lowest BCUT2D eigenvalue weighted by molar-refractivity contribution is 0.124. The maximum Gasteiger partial charge on any atom is 0.0466 e. The first kappa shape index (κ1) is 18.1. The molecule has 0 aromatic rings. The molecule has 0 N–H and O–H groups in total. The van der Waals surface area contributed by atoms with Crippen LogP contribution in [0.25, 0.3) is 0 Å². The zero-order chi connectivity index (χ0) is 13.5. The second-order valence-corrected chi connectivity index (χ2v) is 5.73. The largest absolute Gasteiger partial charge is 0.381 e. The molecule has 0 aliphatic heterocycles. The molecule has 0 aliphatic carbocycles. The van der Waals surface area contributed by atoms with Crippen molar-refractivity contribution in [3.05, 3.63) is 12.2 Å². The molecule has 0 rings (SSSR count). The Balaban J connectivity index is 3.14. The number of allylic oxidation sites excluding steroid dienone is 2. The smallest absolute Gasteiger partial charge is 0.0466 e. The molecular formula is C16H33OP. The van der Waals surface area contributed by atoms with Gasteiger partial charge in [0.1, 0.15) is 0 Å². The summed E-state index contributed by atoms with van der Waals surface area (Å²) in [6.07, 6.45) is 16.1. The molecule has 0 radical (unpaired) electrons. The normalized spacial score (nSPS) is 13.3. The van der Waals surface area contributed by atoms with Crippen LogP contribution in [0.15, 0.2) is 12.2 Å². The first-order chi connectivity index (χ1) is 8.81. The number of rotatable bonds is 13. The number of hydrogen-bond donors (Lipinski definition) is 0. The molecule has 0 saturated carbocycles. The molecule has 18 heavy (non-hydrogen) atoms. The Labute approximate surface area is 117 Å². The standard InChI is InChI=1S/C16H33OP/c1-3-4-7-11-16(2)12-10-14-17-13-8-5-6-9-15-18/h7,11,16H,3-6,8-10,12-15,18H2,1-2H3. The van der Waals surface area contributed by atoms with Gasteiger partial charge in [-0.25, -0.2) is 0 Å². The van der Waals surface area contributed by atoms with Crippen molar-refractivity contribution in [3.63, 3.8) is 0 Å². The van der Waals surface area contributed by atoms with E-state index in [1.807, 2.05) is 0 Å². The Hall–Kier alpha value is 0.130. The molecule has 0 aromatic carbocycles. The van der Waals surface area contributed by atoms with Crippen LogP contribution >= 0.6 is 9.24 Å². The minimum absolute atomic E-state index is 0.710. The molecule has 0 aromatic heterocycles. The molecule has 0 heterocycles. The van der Waals surface area contributed by atoms with E-state index in [0.717, 1.165) is 13.2 Å². The quantitative estimate of drug-likeness (QED) is 0.254. The highest BCUT2D eigenvalue weighted by Gasteiger charge is 1.97. The van der Waals surface area contributed by atoms with E-state index in [9.17, 15) is 0 Å². The van der Waals surface area contributed by atoms with Gasteiger partial charge in [-0.05, 0) is 44.2 Å². The van der Waals surface area contributed by atoms with Crippen molar-refractivity contribution >= 4 is 9.24 Å². The van der Waals surface area contributed by atoms with Crippen molar-refractivity contribution in [2.24, 2.45) is 5.92 Å². The lowest BCUT2D eigenvalue weighted by Crippen LogP contribution is -1.99. The fourth-order valence-electron chi connectivity index (χ4n) is 1.90. The van der Waals surface area contributed by atoms with E-state index in [1.54, 1.807) is 0 Å². The van der Waals surface area contributed by atoms with Gasteiger partial charge in [-0.2, -0.15) is 0 Å². The van der Waals surface area contributed by atoms with Crippen molar-refractivity contribution < 1.29 is 4.74 Å². The molecule has 2 atom stereocenters. The van der Waals surface area contributed by atoms with Gasteiger partial charge < -0.3 is 4.74 Å². The molecule has 0 fully saturated rings. The molecule has 2 heteroatoms. The van der Waals surface area contributed by atoms with Crippen LogP contribution in [0.1, 0.15) is 65.2 Å². The summed E-state index contributed by atoms with van der Waals surface area (Å²) in [6.45, 7) is 6.42. The molecule has 2 unspecified atom stereocenters. The molecule has 0 saturated heterocycles. The predicted octanol–water partition coefficient (Wildman–Crippen LogP) is 5.21. The van der Waals surface area contributed by atoms with Crippen LogP contribution in [0.3, 0.4) is 0 Å². The summed E-state index contributed by atoms with van der Waals surface area (Å²) in [5, 5.41) is 0. The first-order valence-electron chi connectivity index (χ1n) is 7.75. The average molecular weight is 272 g/mol. The zero-order valence-corrected chi connectivity index (χ0v) is 13.7. The third-order valence-electron chi connectivity index (χ3n) is 3.11. The lowest BCUT2D eigenvalue weighted by Gasteiger charge is -2.07. The van der Waals surface area contributed by atoms with Gasteiger partial charge in [-0.3, -0.25) is 0 Å². The third kappa shape index (κ3) is 14.2. The summed E-state index contributed by atoms with van der Waals surface area (Å²) < 4.78 is 5.66. The Morgan fingerprint density at radius 2 is 1.78 bits per heavy atom. The lowest BCUT2D eigenvalue weighted by atomic mass is 10.0. The van der Waals surface area contributed by atoms with Crippen LogP contribution in [0, 0.1) is 5.92 Å². The Kier molecular flexibility index (Phi) is 15.3. The van der Waals surface area contributed by atoms with Crippen molar-refractivity contribution in [2.75, 3.05) is 19.4 Å². The Morgan fingerprint density at radius 1 is 1.06 bits per heavy atom. The Bertz CT molecular complexity index is 180. The van der Waals surface area contributed by atoms with Crippen molar-refractivity contribution in [1.29, 1.82) is 0 Å². The van der Waals surface area contributed by atoms with E-state index in [-0.39, 0.29) is 0 Å². The Morgan fingerprint density at radius 3 is 2.50 bits per heavy atom. The topological polar surface area (TPSA) is 9.23 Å². The molecule has 0 bridgehead atoms. The van der Waals surface area contributed by atoms with Crippen LogP contribution in [0.4, 0.5) is 0 Å². The second-order valence-electron chi connectivity index (χ2n) is 5.15. The minimum Gasteiger partial charge on any atom is -0.381 e. The molecule has 0 amide bonds. The average Bonchev–Trinajstić information content (AvgIpc) is 2.37. The first-order valence-corrected chi connectivity index (χ1v) is 8.57. The maximum atomic E-state index is 5.66. The van der Waals surface area contributed by atoms with Gasteiger partial charge in [0.15, 0.2) is 0 Å². The summed E-state index contributed by atoms with van der Waals surface area (Å²) in [5.41, 5.74) is 0. The highest BCUT2D eigenvalue weighted by molar-refractivity contribution is 7.16. The molecule has 108 valence electrons.